The fourth-order valence-corrected chi connectivity index (χ4v) is 0. The molecule has 0 unspecified atom stereocenters. The van der Waals surface area contributed by atoms with Gasteiger partial charge in [-0.05, 0) is 0 Å². The quantitative estimate of drug-likeness (QED) is 0.481. The van der Waals surface area contributed by atoms with Gasteiger partial charge in [-0.2, -0.15) is 0 Å². The van der Waals surface area contributed by atoms with Gasteiger partial charge in [0.25, 0.3) is 0 Å². The van der Waals surface area contributed by atoms with Crippen LogP contribution in [0.2, 0.25) is 0 Å². The summed E-state index contributed by atoms with van der Waals surface area (Å²) < 4.78 is 31.8. The Hall–Kier alpha value is 2.87. The van der Waals surface area contributed by atoms with Crippen LogP contribution in [0.1, 0.15) is 0 Å². The Balaban J connectivity index is -0.0000000800. The average molecular weight is 355 g/mol. The predicted molar refractivity (Wildman–Crippen MR) is 14.4 cm³/mol. The summed E-state index contributed by atoms with van der Waals surface area (Å²) in [5, 5.41) is 0. The van der Waals surface area contributed by atoms with Crippen molar-refractivity contribution in [3.05, 3.63) is 0 Å². The first-order valence-electron chi connectivity index (χ1n) is 0.647. The van der Waals surface area contributed by atoms with Crippen LogP contribution in [0.15, 0.2) is 0 Å². The van der Waals surface area contributed by atoms with Gasteiger partial charge in [-0.25, -0.2) is 0 Å². The maximum atomic E-state index is 8.80. The van der Waals surface area contributed by atoms with Gasteiger partial charge in [0.2, 0.25) is 0 Å². The molecule has 4 nitrogen and oxygen atoms in total. The van der Waals surface area contributed by atoms with E-state index in [1.54, 1.807) is 0 Å². The second kappa shape index (κ2) is 6.98. The molecule has 0 amide bonds. The van der Waals surface area contributed by atoms with Crippen LogP contribution < -0.4 is 0 Å². The van der Waals surface area contributed by atoms with Gasteiger partial charge in [0.15, 0.2) is 0 Å². The van der Waals surface area contributed by atoms with Gasteiger partial charge >= 0.3 is 74.9 Å². The molecule has 0 aromatic carbocycles. The first-order chi connectivity index (χ1) is 2.00. The molecule has 0 saturated carbocycles. The number of hydrogen-bond donors (Lipinski definition) is 2. The van der Waals surface area contributed by atoms with Gasteiger partial charge in [0, 0.05) is 40.8 Å². The van der Waals surface area contributed by atoms with Gasteiger partial charge in [-0.15, -0.1) is 0 Å². The Bertz CT molecular complexity index is 94.9. The van der Waals surface area contributed by atoms with E-state index in [0.29, 0.717) is 0 Å². The third-order valence-corrected chi connectivity index (χ3v) is 0. The zero-order valence-electron chi connectivity index (χ0n) is 2.59. The molecule has 0 saturated heterocycles. The Labute approximate surface area is 113 Å². The topological polar surface area (TPSA) is 74.6 Å². The van der Waals surface area contributed by atoms with Crippen LogP contribution in [0.4, 0.5) is 0 Å². The van der Waals surface area contributed by atoms with E-state index in [2.05, 4.69) is 0 Å². The van der Waals surface area contributed by atoms with Crippen LogP contribution in [0.25, 0.3) is 0 Å². The third-order valence-electron chi connectivity index (χ3n) is 0. The number of hydrogen-bond acceptors (Lipinski definition) is 2. The van der Waals surface area contributed by atoms with E-state index in [-0.39, 0.29) is 86.3 Å². The third kappa shape index (κ3) is 50.8. The molecule has 0 aliphatic rings. The van der Waals surface area contributed by atoms with E-state index in [1.165, 1.54) is 0 Å². The van der Waals surface area contributed by atoms with Crippen molar-refractivity contribution >= 4 is 45.5 Å². The molecule has 0 aromatic rings. The van der Waals surface area contributed by atoms with E-state index >= 15 is 0 Å². The Morgan fingerprint density at radius 1 is 1.14 bits per heavy atom. The summed E-state index contributed by atoms with van der Waals surface area (Å²) in [6.07, 6.45) is 0. The fourth-order valence-electron chi connectivity index (χ4n) is 0. The standard InChI is InChI=1S/Mn.Nd.2H2O.2O.Sr.2H/h;;2*1H2;;;;;/q+2;;;;;;;;/p-2. The average Bonchev–Trinajstić information content (AvgIpc) is 0.722. The zero-order valence-corrected chi connectivity index (χ0v) is 6.98. The summed E-state index contributed by atoms with van der Waals surface area (Å²) in [7, 11) is 0. The maximum absolute atomic E-state index is 8.80. The summed E-state index contributed by atoms with van der Waals surface area (Å²) >= 11 is -5.12. The minimum absolute atomic E-state index is 0. The van der Waals surface area contributed by atoms with Crippen LogP contribution >= 0.6 is 0 Å². The van der Waals surface area contributed by atoms with Crippen LogP contribution in [-0.2, 0) is 21.0 Å². The molecule has 0 fully saturated rings. The Morgan fingerprint density at radius 2 is 1.14 bits per heavy atom. The van der Waals surface area contributed by atoms with Crippen LogP contribution in [0, 0.1) is 40.8 Å². The molecule has 41 valence electrons. The fraction of sp³-hybridized carbons (Fsp3) is 0. The molecule has 0 aliphatic heterocycles. The van der Waals surface area contributed by atoms with Gasteiger partial charge in [-0.1, -0.05) is 0 Å². The van der Waals surface area contributed by atoms with Crippen LogP contribution in [0.5, 0.6) is 0 Å². The first-order valence-corrected chi connectivity index (χ1v) is 2.67. The summed E-state index contributed by atoms with van der Waals surface area (Å²) in [6.45, 7) is 0. The molecule has 0 aliphatic carbocycles. The molecule has 0 spiro atoms. The van der Waals surface area contributed by atoms with Crippen LogP contribution in [0.3, 0.4) is 0 Å². The normalized spacial score (nSPS) is 8.29. The second-order valence-corrected chi connectivity index (χ2v) is 1.71. The molecule has 0 heterocycles. The molecule has 7 heteroatoms. The summed E-state index contributed by atoms with van der Waals surface area (Å²) in [4.78, 5) is 0. The van der Waals surface area contributed by atoms with Crippen molar-refractivity contribution in [2.45, 2.75) is 0 Å². The van der Waals surface area contributed by atoms with Crippen molar-refractivity contribution in [3.8, 4) is 0 Å². The van der Waals surface area contributed by atoms with Crippen molar-refractivity contribution in [2.75, 3.05) is 0 Å². The van der Waals surface area contributed by atoms with Gasteiger partial charge in [0.05, 0.1) is 0 Å². The summed E-state index contributed by atoms with van der Waals surface area (Å²) in [5.41, 5.74) is 0. The molecule has 7 heavy (non-hydrogen) atoms. The van der Waals surface area contributed by atoms with E-state index in [0.717, 1.165) is 0 Å². The Kier molecular flexibility index (Phi) is 16.4. The SMILES string of the molecule is [Nd].[O]=[Mn](=[O])([OH])[OH].[SrH2]. The van der Waals surface area contributed by atoms with Gasteiger partial charge < -0.3 is 0 Å². The van der Waals surface area contributed by atoms with E-state index in [9.17, 15) is 0 Å². The molecular weight excluding hydrogens is 351 g/mol. The van der Waals surface area contributed by atoms with E-state index < -0.39 is 13.4 Å². The second-order valence-electron chi connectivity index (χ2n) is 0.415. The van der Waals surface area contributed by atoms with Crippen molar-refractivity contribution in [1.82, 2.24) is 0 Å². The van der Waals surface area contributed by atoms with Crippen molar-refractivity contribution in [3.63, 3.8) is 0 Å². The molecule has 2 N–H and O–H groups in total. The predicted octanol–water partition coefficient (Wildman–Crippen LogP) is -2.27. The molecule has 0 rings (SSSR count). The molecule has 0 atom stereocenters. The van der Waals surface area contributed by atoms with Crippen LogP contribution in [-0.4, -0.2) is 53.9 Å². The monoisotopic (exact) mass is 353 g/mol. The van der Waals surface area contributed by atoms with Gasteiger partial charge in [0.1, 0.15) is 0 Å². The van der Waals surface area contributed by atoms with Crippen molar-refractivity contribution in [2.24, 2.45) is 0 Å². The van der Waals surface area contributed by atoms with Crippen molar-refractivity contribution in [1.29, 1.82) is 0 Å². The first kappa shape index (κ1) is 16.5. The number of rotatable bonds is 0. The minimum atomic E-state index is -5.12. The zero-order chi connectivity index (χ0) is 4.50. The van der Waals surface area contributed by atoms with E-state index in [1.807, 2.05) is 0 Å². The molecule has 0 aromatic heterocycles. The van der Waals surface area contributed by atoms with Crippen molar-refractivity contribution < 1.29 is 70.3 Å². The summed E-state index contributed by atoms with van der Waals surface area (Å²) in [6, 6.07) is 0. The van der Waals surface area contributed by atoms with E-state index in [4.69, 9.17) is 16.0 Å². The van der Waals surface area contributed by atoms with Gasteiger partial charge in [-0.3, -0.25) is 0 Å². The molecule has 0 radical (unpaired) electrons. The molecular formula is H4MnNdO4Sr. The Morgan fingerprint density at radius 3 is 1.14 bits per heavy atom. The molecule has 0 bridgehead atoms. The summed E-state index contributed by atoms with van der Waals surface area (Å²) in [5.74, 6) is 0.